The largest absolute Gasteiger partial charge is 0.469 e. The highest BCUT2D eigenvalue weighted by Gasteiger charge is 2.61. The number of allylic oxidation sites excluding steroid dienone is 2. The predicted molar refractivity (Wildman–Crippen MR) is 157 cm³/mol. The number of benzene rings is 3. The smallest absolute Gasteiger partial charge is 0.412 e. The molecule has 1 saturated carbocycles. The molecular formula is C34H37NO5. The lowest BCUT2D eigenvalue weighted by Crippen LogP contribution is -2.22. The number of nitrogens with one attached hydrogen (secondary N) is 1. The lowest BCUT2D eigenvalue weighted by molar-refractivity contribution is -0.147. The van der Waals surface area contributed by atoms with Crippen molar-refractivity contribution in [1.82, 2.24) is 5.32 Å². The number of carbonyl (C=O) groups excluding carboxylic acids is 2. The fraction of sp³-hybridized carbons (Fsp3) is 0.294. The summed E-state index contributed by atoms with van der Waals surface area (Å²) in [6.07, 6.45) is 4.15. The van der Waals surface area contributed by atoms with Crippen LogP contribution in [-0.4, -0.2) is 19.1 Å². The Morgan fingerprint density at radius 2 is 1.65 bits per heavy atom. The number of esters is 1. The quantitative estimate of drug-likeness (QED) is 0.192. The number of ether oxygens (including phenoxy) is 2. The molecule has 40 heavy (non-hydrogen) atoms. The highest BCUT2D eigenvalue weighted by molar-refractivity contribution is 5.90. The van der Waals surface area contributed by atoms with Crippen molar-refractivity contribution in [2.24, 2.45) is 17.3 Å². The average Bonchev–Trinajstić information content (AvgIpc) is 3.23. The molecule has 1 N–H and O–H groups in total. The Balaban J connectivity index is 0.000000210. The Bertz CT molecular complexity index is 1480. The van der Waals surface area contributed by atoms with Gasteiger partial charge in [0.2, 0.25) is 0 Å². The standard InChI is InChI=1S/C22H26O3.C12H11NO2/c1-15(2)10-19-20(22(19,3)4)21(23)25-14-17-12-18(24-13-17)11-16-8-6-5-7-9-16;1-13-12(14)15-11-8-4-6-9-5-2-3-7-10(9)11/h5-10,12-13,19-20H,11,14H2,1-4H3;2-8H,1H3,(H,13,14). The maximum atomic E-state index is 12.4. The molecular weight excluding hydrogens is 502 g/mol. The van der Waals surface area contributed by atoms with E-state index in [1.807, 2.05) is 60.7 Å². The van der Waals surface area contributed by atoms with Gasteiger partial charge in [0.15, 0.2) is 0 Å². The van der Waals surface area contributed by atoms with Crippen LogP contribution in [0.3, 0.4) is 0 Å². The second-order valence-corrected chi connectivity index (χ2v) is 10.9. The normalized spacial score (nSPS) is 16.7. The lowest BCUT2D eigenvalue weighted by Gasteiger charge is -2.06. The van der Waals surface area contributed by atoms with Gasteiger partial charge in [0.1, 0.15) is 18.1 Å². The first kappa shape index (κ1) is 28.7. The molecule has 6 heteroatoms. The summed E-state index contributed by atoms with van der Waals surface area (Å²) in [4.78, 5) is 23.5. The minimum atomic E-state index is -0.452. The second kappa shape index (κ2) is 12.7. The summed E-state index contributed by atoms with van der Waals surface area (Å²) in [6.45, 7) is 8.65. The van der Waals surface area contributed by atoms with Gasteiger partial charge in [-0.15, -0.1) is 0 Å². The van der Waals surface area contributed by atoms with Crippen LogP contribution in [0, 0.1) is 17.3 Å². The zero-order chi connectivity index (χ0) is 28.7. The molecule has 5 rings (SSSR count). The van der Waals surface area contributed by atoms with Crippen molar-refractivity contribution in [2.45, 2.75) is 40.7 Å². The predicted octanol–water partition coefficient (Wildman–Crippen LogP) is 7.71. The van der Waals surface area contributed by atoms with E-state index in [4.69, 9.17) is 13.9 Å². The molecule has 1 aliphatic carbocycles. The Labute approximate surface area is 236 Å². The first-order valence-corrected chi connectivity index (χ1v) is 13.5. The van der Waals surface area contributed by atoms with Crippen LogP contribution < -0.4 is 10.1 Å². The first-order chi connectivity index (χ1) is 19.2. The Morgan fingerprint density at radius 1 is 0.950 bits per heavy atom. The fourth-order valence-corrected chi connectivity index (χ4v) is 4.87. The summed E-state index contributed by atoms with van der Waals surface area (Å²) >= 11 is 0. The Kier molecular flexibility index (Phi) is 9.10. The third-order valence-corrected chi connectivity index (χ3v) is 7.14. The topological polar surface area (TPSA) is 77.8 Å². The van der Waals surface area contributed by atoms with E-state index in [1.54, 1.807) is 12.3 Å². The van der Waals surface area contributed by atoms with Gasteiger partial charge >= 0.3 is 12.1 Å². The van der Waals surface area contributed by atoms with E-state index in [1.165, 1.54) is 18.2 Å². The van der Waals surface area contributed by atoms with Crippen LogP contribution in [0.5, 0.6) is 5.75 Å². The molecule has 0 aliphatic heterocycles. The van der Waals surface area contributed by atoms with E-state index in [9.17, 15) is 9.59 Å². The van der Waals surface area contributed by atoms with Gasteiger partial charge in [-0.3, -0.25) is 4.79 Å². The van der Waals surface area contributed by atoms with E-state index < -0.39 is 6.09 Å². The summed E-state index contributed by atoms with van der Waals surface area (Å²) in [6, 6.07) is 25.5. The zero-order valence-electron chi connectivity index (χ0n) is 23.8. The number of fused-ring (bicyclic) bond motifs is 1. The molecule has 1 heterocycles. The molecule has 0 spiro atoms. The van der Waals surface area contributed by atoms with Crippen molar-refractivity contribution in [3.8, 4) is 5.75 Å². The van der Waals surface area contributed by atoms with E-state index >= 15 is 0 Å². The third-order valence-electron chi connectivity index (χ3n) is 7.14. The highest BCUT2D eigenvalue weighted by atomic mass is 16.6. The highest BCUT2D eigenvalue weighted by Crippen LogP contribution is 2.59. The van der Waals surface area contributed by atoms with E-state index in [2.05, 4.69) is 51.2 Å². The van der Waals surface area contributed by atoms with Gasteiger partial charge in [0.05, 0.1) is 12.2 Å². The van der Waals surface area contributed by atoms with Crippen LogP contribution in [0.4, 0.5) is 4.79 Å². The summed E-state index contributed by atoms with van der Waals surface area (Å²) < 4.78 is 16.3. The molecule has 2 unspecified atom stereocenters. The molecule has 1 aromatic heterocycles. The average molecular weight is 540 g/mol. The minimum absolute atomic E-state index is 0.0107. The fourth-order valence-electron chi connectivity index (χ4n) is 4.87. The monoisotopic (exact) mass is 539 g/mol. The maximum Gasteiger partial charge on any atom is 0.412 e. The van der Waals surface area contributed by atoms with Gasteiger partial charge in [-0.25, -0.2) is 4.79 Å². The molecule has 0 saturated heterocycles. The van der Waals surface area contributed by atoms with Gasteiger partial charge in [0.25, 0.3) is 0 Å². The van der Waals surface area contributed by atoms with Gasteiger partial charge in [-0.1, -0.05) is 92.2 Å². The SMILES string of the molecule is CC(C)=CC1C(C(=O)OCc2coc(Cc3ccccc3)c2)C1(C)C.CNC(=O)Oc1cccc2ccccc12. The van der Waals surface area contributed by atoms with Crippen LogP contribution in [0.15, 0.2) is 101 Å². The molecule has 2 atom stereocenters. The summed E-state index contributed by atoms with van der Waals surface area (Å²) in [5, 5.41) is 4.41. The van der Waals surface area contributed by atoms with E-state index in [0.29, 0.717) is 5.75 Å². The first-order valence-electron chi connectivity index (χ1n) is 13.5. The minimum Gasteiger partial charge on any atom is -0.469 e. The Morgan fingerprint density at radius 3 is 2.38 bits per heavy atom. The number of hydrogen-bond donors (Lipinski definition) is 1. The summed E-state index contributed by atoms with van der Waals surface area (Å²) in [5.74, 6) is 1.58. The number of amides is 1. The van der Waals surface area contributed by atoms with Crippen molar-refractivity contribution >= 4 is 22.8 Å². The van der Waals surface area contributed by atoms with Crippen LogP contribution in [-0.2, 0) is 22.6 Å². The number of furan rings is 1. The molecule has 208 valence electrons. The van der Waals surface area contributed by atoms with Crippen LogP contribution >= 0.6 is 0 Å². The van der Waals surface area contributed by atoms with Crippen LogP contribution in [0.1, 0.15) is 44.6 Å². The van der Waals surface area contributed by atoms with Crippen molar-refractivity contribution in [3.05, 3.63) is 114 Å². The second-order valence-electron chi connectivity index (χ2n) is 10.9. The van der Waals surface area contributed by atoms with Crippen molar-refractivity contribution < 1.29 is 23.5 Å². The van der Waals surface area contributed by atoms with Gasteiger partial charge in [-0.05, 0) is 48.3 Å². The van der Waals surface area contributed by atoms with Crippen molar-refractivity contribution in [3.63, 3.8) is 0 Å². The van der Waals surface area contributed by atoms with Crippen molar-refractivity contribution in [2.75, 3.05) is 7.05 Å². The molecule has 4 aromatic rings. The molecule has 3 aromatic carbocycles. The Hall–Kier alpha value is -4.32. The van der Waals surface area contributed by atoms with Crippen LogP contribution in [0.2, 0.25) is 0 Å². The summed E-state index contributed by atoms with van der Waals surface area (Å²) in [5.41, 5.74) is 3.33. The molecule has 0 bridgehead atoms. The molecule has 1 aliphatic rings. The number of rotatable bonds is 7. The third kappa shape index (κ3) is 7.20. The van der Waals surface area contributed by atoms with E-state index in [-0.39, 0.29) is 29.8 Å². The van der Waals surface area contributed by atoms with Crippen molar-refractivity contribution in [1.29, 1.82) is 0 Å². The molecule has 1 fully saturated rings. The maximum absolute atomic E-state index is 12.4. The number of carbonyl (C=O) groups is 2. The number of hydrogen-bond acceptors (Lipinski definition) is 5. The van der Waals surface area contributed by atoms with Gasteiger partial charge < -0.3 is 19.2 Å². The van der Waals surface area contributed by atoms with Gasteiger partial charge in [0, 0.05) is 24.4 Å². The summed E-state index contributed by atoms with van der Waals surface area (Å²) in [7, 11) is 1.54. The molecule has 0 radical (unpaired) electrons. The molecule has 1 amide bonds. The van der Waals surface area contributed by atoms with E-state index in [0.717, 1.165) is 28.5 Å². The van der Waals surface area contributed by atoms with Crippen LogP contribution in [0.25, 0.3) is 10.8 Å². The zero-order valence-corrected chi connectivity index (χ0v) is 23.8. The molecule has 6 nitrogen and oxygen atoms in total. The van der Waals surface area contributed by atoms with Gasteiger partial charge in [-0.2, -0.15) is 0 Å². The lowest BCUT2D eigenvalue weighted by atomic mass is 10.1.